The molecule has 2 N–H and O–H groups in total. The molecule has 0 aliphatic carbocycles. The molecule has 0 fully saturated rings. The van der Waals surface area contributed by atoms with Crippen molar-refractivity contribution < 1.29 is 14.7 Å². The number of benzene rings is 1. The molecule has 1 amide bonds. The van der Waals surface area contributed by atoms with Crippen molar-refractivity contribution in [2.24, 2.45) is 0 Å². The van der Waals surface area contributed by atoms with Crippen LogP contribution in [0.15, 0.2) is 42.6 Å². The minimum atomic E-state index is -0.962. The molecule has 5 nitrogen and oxygen atoms in total. The van der Waals surface area contributed by atoms with Crippen LogP contribution in [0.25, 0.3) is 0 Å². The molecule has 1 heterocycles. The number of carbonyl (C=O) groups excluding carboxylic acids is 1. The van der Waals surface area contributed by atoms with Gasteiger partial charge >= 0.3 is 5.97 Å². The van der Waals surface area contributed by atoms with Crippen LogP contribution in [0, 0.1) is 13.8 Å². The van der Waals surface area contributed by atoms with E-state index in [2.05, 4.69) is 10.3 Å². The Balaban J connectivity index is 2.23. The summed E-state index contributed by atoms with van der Waals surface area (Å²) >= 11 is 0. The third-order valence-corrected chi connectivity index (χ3v) is 3.42. The van der Waals surface area contributed by atoms with Gasteiger partial charge in [0.2, 0.25) is 0 Å². The number of carbonyl (C=O) groups is 2. The van der Waals surface area contributed by atoms with E-state index in [0.29, 0.717) is 5.56 Å². The van der Waals surface area contributed by atoms with Crippen molar-refractivity contribution in [3.8, 4) is 0 Å². The summed E-state index contributed by atoms with van der Waals surface area (Å²) in [5.74, 6) is -1.29. The molecule has 1 unspecified atom stereocenters. The second kappa shape index (κ2) is 6.85. The lowest BCUT2D eigenvalue weighted by molar-refractivity contribution is -0.137. The minimum Gasteiger partial charge on any atom is -0.481 e. The Kier molecular flexibility index (Phi) is 4.88. The summed E-state index contributed by atoms with van der Waals surface area (Å²) in [5, 5.41) is 11.9. The van der Waals surface area contributed by atoms with Crippen molar-refractivity contribution >= 4 is 11.9 Å². The highest BCUT2D eigenvalue weighted by Gasteiger charge is 2.20. The Labute approximate surface area is 129 Å². The third kappa shape index (κ3) is 3.91. The zero-order valence-electron chi connectivity index (χ0n) is 12.5. The van der Waals surface area contributed by atoms with Gasteiger partial charge in [0.1, 0.15) is 0 Å². The van der Waals surface area contributed by atoms with E-state index >= 15 is 0 Å². The highest BCUT2D eigenvalue weighted by molar-refractivity contribution is 5.94. The molecule has 5 heteroatoms. The zero-order valence-corrected chi connectivity index (χ0v) is 12.5. The standard InChI is InChI=1S/C17H18N2O3/c1-11-5-3-4-6-14(11)15(9-16(20)21)19-17(22)13-8-7-12(2)18-10-13/h3-8,10,15H,9H2,1-2H3,(H,19,22)(H,20,21). The van der Waals surface area contributed by atoms with E-state index in [9.17, 15) is 9.59 Å². The summed E-state index contributed by atoms with van der Waals surface area (Å²) in [6, 6.07) is 10.3. The first-order valence-electron chi connectivity index (χ1n) is 6.98. The number of hydrogen-bond acceptors (Lipinski definition) is 3. The highest BCUT2D eigenvalue weighted by Crippen LogP contribution is 2.21. The number of nitrogens with one attached hydrogen (secondary N) is 1. The number of rotatable bonds is 5. The van der Waals surface area contributed by atoms with Crippen molar-refractivity contribution in [1.29, 1.82) is 0 Å². The fraction of sp³-hybridized carbons (Fsp3) is 0.235. The first-order valence-corrected chi connectivity index (χ1v) is 6.98. The monoisotopic (exact) mass is 298 g/mol. The first kappa shape index (κ1) is 15.7. The third-order valence-electron chi connectivity index (χ3n) is 3.42. The average molecular weight is 298 g/mol. The summed E-state index contributed by atoms with van der Waals surface area (Å²) in [4.78, 5) is 27.5. The predicted molar refractivity (Wildman–Crippen MR) is 82.6 cm³/mol. The summed E-state index contributed by atoms with van der Waals surface area (Å²) in [6.07, 6.45) is 1.32. The smallest absolute Gasteiger partial charge is 0.305 e. The maximum Gasteiger partial charge on any atom is 0.305 e. The molecule has 1 aromatic heterocycles. The van der Waals surface area contributed by atoms with Crippen molar-refractivity contribution in [2.75, 3.05) is 0 Å². The van der Waals surface area contributed by atoms with Crippen LogP contribution in [0.4, 0.5) is 0 Å². The van der Waals surface area contributed by atoms with Gasteiger partial charge in [-0.05, 0) is 37.1 Å². The molecule has 0 saturated carbocycles. The predicted octanol–water partition coefficient (Wildman–Crippen LogP) is 2.64. The van der Waals surface area contributed by atoms with Gasteiger partial charge in [-0.1, -0.05) is 24.3 Å². The van der Waals surface area contributed by atoms with Gasteiger partial charge in [-0.15, -0.1) is 0 Å². The molecule has 114 valence electrons. The quantitative estimate of drug-likeness (QED) is 0.889. The summed E-state index contributed by atoms with van der Waals surface area (Å²) < 4.78 is 0. The van der Waals surface area contributed by atoms with Gasteiger partial charge in [0.25, 0.3) is 5.91 Å². The molecule has 2 rings (SSSR count). The number of nitrogens with zero attached hydrogens (tertiary/aromatic N) is 1. The normalized spacial score (nSPS) is 11.7. The van der Waals surface area contributed by atoms with E-state index in [0.717, 1.165) is 16.8 Å². The number of pyridine rings is 1. The molecule has 0 saturated heterocycles. The van der Waals surface area contributed by atoms with Crippen LogP contribution in [0.1, 0.15) is 39.6 Å². The molecule has 0 aliphatic rings. The van der Waals surface area contributed by atoms with Gasteiger partial charge < -0.3 is 10.4 Å². The zero-order chi connectivity index (χ0) is 16.1. The van der Waals surface area contributed by atoms with Crippen LogP contribution < -0.4 is 5.32 Å². The van der Waals surface area contributed by atoms with E-state index in [1.54, 1.807) is 12.1 Å². The van der Waals surface area contributed by atoms with Crippen LogP contribution in [0.5, 0.6) is 0 Å². The van der Waals surface area contributed by atoms with Gasteiger partial charge in [-0.25, -0.2) is 0 Å². The van der Waals surface area contributed by atoms with Crippen LogP contribution >= 0.6 is 0 Å². The topological polar surface area (TPSA) is 79.3 Å². The lowest BCUT2D eigenvalue weighted by Gasteiger charge is -2.19. The molecule has 0 bridgehead atoms. The van der Waals surface area contributed by atoms with E-state index in [-0.39, 0.29) is 12.3 Å². The van der Waals surface area contributed by atoms with Crippen LogP contribution in [-0.4, -0.2) is 22.0 Å². The van der Waals surface area contributed by atoms with E-state index in [1.165, 1.54) is 6.20 Å². The van der Waals surface area contributed by atoms with E-state index in [4.69, 9.17) is 5.11 Å². The summed E-state index contributed by atoms with van der Waals surface area (Å²) in [7, 11) is 0. The molecule has 0 spiro atoms. The molecule has 2 aromatic rings. The number of hydrogen-bond donors (Lipinski definition) is 2. The molecule has 1 aromatic carbocycles. The largest absolute Gasteiger partial charge is 0.481 e. The number of carboxylic acid groups (broad SMARTS) is 1. The lowest BCUT2D eigenvalue weighted by Crippen LogP contribution is -2.30. The minimum absolute atomic E-state index is 0.171. The molecule has 1 atom stereocenters. The number of aliphatic carboxylic acids is 1. The summed E-state index contributed by atoms with van der Waals surface area (Å²) in [5.41, 5.74) is 2.97. The summed E-state index contributed by atoms with van der Waals surface area (Å²) in [6.45, 7) is 3.73. The van der Waals surface area contributed by atoms with Crippen molar-refractivity contribution in [3.63, 3.8) is 0 Å². The Morgan fingerprint density at radius 3 is 2.50 bits per heavy atom. The van der Waals surface area contributed by atoms with E-state index < -0.39 is 12.0 Å². The van der Waals surface area contributed by atoms with E-state index in [1.807, 2.05) is 38.1 Å². The lowest BCUT2D eigenvalue weighted by atomic mass is 9.98. The molecule has 0 aliphatic heterocycles. The van der Waals surface area contributed by atoms with Crippen LogP contribution in [0.2, 0.25) is 0 Å². The maximum absolute atomic E-state index is 12.3. The van der Waals surface area contributed by atoms with Crippen molar-refractivity contribution in [2.45, 2.75) is 26.3 Å². The number of carboxylic acids is 1. The molecular formula is C17H18N2O3. The Hall–Kier alpha value is -2.69. The maximum atomic E-state index is 12.3. The number of aryl methyl sites for hydroxylation is 2. The molecule has 22 heavy (non-hydrogen) atoms. The van der Waals surface area contributed by atoms with Crippen LogP contribution in [0.3, 0.4) is 0 Å². The number of aromatic nitrogens is 1. The Morgan fingerprint density at radius 1 is 1.18 bits per heavy atom. The second-order valence-electron chi connectivity index (χ2n) is 5.17. The van der Waals surface area contributed by atoms with Gasteiger partial charge in [0, 0.05) is 11.9 Å². The fourth-order valence-electron chi connectivity index (χ4n) is 2.23. The Bertz CT molecular complexity index is 681. The SMILES string of the molecule is Cc1ccc(C(=O)NC(CC(=O)O)c2ccccc2C)cn1. The molecular weight excluding hydrogens is 280 g/mol. The van der Waals surface area contributed by atoms with Gasteiger partial charge in [0.05, 0.1) is 18.0 Å². The van der Waals surface area contributed by atoms with Gasteiger partial charge in [-0.2, -0.15) is 0 Å². The fourth-order valence-corrected chi connectivity index (χ4v) is 2.23. The van der Waals surface area contributed by atoms with Crippen molar-refractivity contribution in [3.05, 3.63) is 65.0 Å². The van der Waals surface area contributed by atoms with Crippen molar-refractivity contribution in [1.82, 2.24) is 10.3 Å². The molecule has 0 radical (unpaired) electrons. The Morgan fingerprint density at radius 2 is 1.91 bits per heavy atom. The van der Waals surface area contributed by atoms with Gasteiger partial charge in [0.15, 0.2) is 0 Å². The average Bonchev–Trinajstić information content (AvgIpc) is 2.47. The number of amides is 1. The van der Waals surface area contributed by atoms with Gasteiger partial charge in [-0.3, -0.25) is 14.6 Å². The second-order valence-corrected chi connectivity index (χ2v) is 5.17. The first-order chi connectivity index (χ1) is 10.5. The highest BCUT2D eigenvalue weighted by atomic mass is 16.4. The van der Waals surface area contributed by atoms with Crippen LogP contribution in [-0.2, 0) is 4.79 Å².